The van der Waals surface area contributed by atoms with Crippen LogP contribution in [-0.4, -0.2) is 59.8 Å². The van der Waals surface area contributed by atoms with Gasteiger partial charge in [-0.2, -0.15) is 0 Å². The molecule has 12 nitrogen and oxygen atoms in total. The van der Waals surface area contributed by atoms with Gasteiger partial charge in [-0.25, -0.2) is 59.8 Å². The van der Waals surface area contributed by atoms with Crippen molar-refractivity contribution >= 4 is 129 Å². The van der Waals surface area contributed by atoms with E-state index in [-0.39, 0.29) is 0 Å². The van der Waals surface area contributed by atoms with E-state index in [1.165, 1.54) is 41.2 Å². The summed E-state index contributed by atoms with van der Waals surface area (Å²) in [4.78, 5) is 60.4. The van der Waals surface area contributed by atoms with Crippen molar-refractivity contribution in [1.29, 1.82) is 0 Å². The minimum Gasteiger partial charge on any atom is -0.235 e. The van der Waals surface area contributed by atoms with Gasteiger partial charge in [-0.15, -0.1) is 34.0 Å². The van der Waals surface area contributed by atoms with Crippen molar-refractivity contribution in [1.82, 2.24) is 59.8 Å². The van der Waals surface area contributed by atoms with Crippen LogP contribution >= 0.6 is 34.0 Å². The molecule has 0 aliphatic carbocycles. The summed E-state index contributed by atoms with van der Waals surface area (Å²) >= 11 is 5.20. The quantitative estimate of drug-likeness (QED) is 0.0952. The average Bonchev–Trinajstić information content (AvgIpc) is 1.71. The van der Waals surface area contributed by atoms with Crippen LogP contribution in [0.2, 0.25) is 0 Å². The minimum absolute atomic E-state index is 0.638. The number of benzene rings is 20. The number of fused-ring (bicyclic) bond motifs is 15. The Balaban J connectivity index is 0.000000111. The second-order valence-corrected chi connectivity index (χ2v) is 36.0. The summed E-state index contributed by atoms with van der Waals surface area (Å²) in [6.07, 6.45) is 0. The van der Waals surface area contributed by atoms with Crippen molar-refractivity contribution in [3.05, 3.63) is 449 Å². The molecule has 0 atom stereocenters. The molecule has 0 saturated heterocycles. The number of hydrogen-bond donors (Lipinski definition) is 0. The van der Waals surface area contributed by atoms with Crippen molar-refractivity contribution in [2.45, 2.75) is 0 Å². The molecule has 6 aromatic heterocycles. The Bertz CT molecular complexity index is 8890. The zero-order valence-corrected chi connectivity index (χ0v) is 74.8. The molecule has 632 valence electrons. The number of aromatic nitrogens is 12. The lowest BCUT2D eigenvalue weighted by molar-refractivity contribution is 1.07. The van der Waals surface area contributed by atoms with Crippen LogP contribution in [-0.2, 0) is 0 Å². The van der Waals surface area contributed by atoms with Crippen molar-refractivity contribution in [3.63, 3.8) is 0 Å². The first-order valence-corrected chi connectivity index (χ1v) is 47.1. The van der Waals surface area contributed by atoms with E-state index in [9.17, 15) is 0 Å². The topological polar surface area (TPSA) is 155 Å². The van der Waals surface area contributed by atoms with Gasteiger partial charge in [0.2, 0.25) is 0 Å². The summed E-state index contributed by atoms with van der Waals surface area (Å²) < 4.78 is 3.54. The molecule has 0 bridgehead atoms. The molecular weight excluding hydrogens is 1710 g/mol. The van der Waals surface area contributed by atoms with Crippen LogP contribution in [0.25, 0.3) is 252 Å². The van der Waals surface area contributed by atoms with Crippen molar-refractivity contribution in [2.75, 3.05) is 0 Å². The molecule has 26 rings (SSSR count). The van der Waals surface area contributed by atoms with E-state index in [1.807, 2.05) is 152 Å². The molecule has 135 heavy (non-hydrogen) atoms. The van der Waals surface area contributed by atoms with E-state index in [0.717, 1.165) is 158 Å². The fraction of sp³-hybridized carbons (Fsp3) is 0. The highest BCUT2D eigenvalue weighted by molar-refractivity contribution is 7.22. The highest BCUT2D eigenvalue weighted by Crippen LogP contribution is 2.45. The summed E-state index contributed by atoms with van der Waals surface area (Å²) in [7, 11) is 0. The summed E-state index contributed by atoms with van der Waals surface area (Å²) in [6, 6.07) is 155. The lowest BCUT2D eigenvalue weighted by Gasteiger charge is -2.12. The Morgan fingerprint density at radius 2 is 0.378 bits per heavy atom. The second-order valence-electron chi connectivity index (χ2n) is 32.9. The fourth-order valence-electron chi connectivity index (χ4n) is 17.8. The molecular formula is C120H74N12S3. The molecule has 0 aliphatic rings. The normalized spacial score (nSPS) is 11.4. The fourth-order valence-corrected chi connectivity index (χ4v) is 20.7. The zero-order chi connectivity index (χ0) is 89.5. The molecule has 0 radical (unpaired) electrons. The molecule has 0 unspecified atom stereocenters. The zero-order valence-electron chi connectivity index (χ0n) is 72.3. The molecule has 0 saturated carbocycles. The van der Waals surface area contributed by atoms with Gasteiger partial charge in [-0.05, 0) is 113 Å². The minimum atomic E-state index is 0.638. The maximum absolute atomic E-state index is 5.15. The predicted molar refractivity (Wildman–Crippen MR) is 560 cm³/mol. The lowest BCUT2D eigenvalue weighted by Crippen LogP contribution is -2.00. The van der Waals surface area contributed by atoms with Crippen molar-refractivity contribution in [3.8, 4) is 156 Å². The summed E-state index contributed by atoms with van der Waals surface area (Å²) in [5.74, 6) is 5.82. The first-order chi connectivity index (χ1) is 66.8. The largest absolute Gasteiger partial charge is 0.235 e. The third-order valence-corrected chi connectivity index (χ3v) is 27.6. The van der Waals surface area contributed by atoms with Crippen LogP contribution in [0.4, 0.5) is 0 Å². The first-order valence-electron chi connectivity index (χ1n) is 44.6. The number of rotatable bonds is 14. The summed E-state index contributed by atoms with van der Waals surface area (Å²) in [5.41, 5.74) is 19.7. The van der Waals surface area contributed by atoms with Gasteiger partial charge >= 0.3 is 0 Å². The number of thiazole rings is 3. The van der Waals surface area contributed by atoms with E-state index in [1.54, 1.807) is 34.0 Å². The SMILES string of the molecule is c1ccc(-c2ccc(-c3nc(-c4ccccc4)nc(-c4ccc5c(ccc6ccc7sc(-c8ccccc8)nc7c65)c4)n3)cc2)cc1.c1ccc(-c2cccc(-c3nc(-c4ccccc4)nc(-c4ccc5c(ccc6ccc7sc(-c8ccccc8)nc7c65)c4)n3)c2)cc1.c1ccc(-c2nc(-c3ccccc3)nc(-c3cc4ccc5sc(-c6ccccc6)nc5c4c4ccccc34)n2)cc1. The van der Waals surface area contributed by atoms with Crippen molar-refractivity contribution < 1.29 is 0 Å². The van der Waals surface area contributed by atoms with E-state index in [0.29, 0.717) is 52.4 Å². The maximum atomic E-state index is 5.15. The molecule has 20 aromatic carbocycles. The highest BCUT2D eigenvalue weighted by atomic mass is 32.1. The van der Waals surface area contributed by atoms with Crippen LogP contribution in [0.1, 0.15) is 0 Å². The van der Waals surface area contributed by atoms with Crippen LogP contribution in [0.15, 0.2) is 449 Å². The smallest absolute Gasteiger partial charge is 0.164 e. The first kappa shape index (κ1) is 80.9. The Morgan fingerprint density at radius 1 is 0.133 bits per heavy atom. The van der Waals surface area contributed by atoms with E-state index in [4.69, 9.17) is 59.8 Å². The molecule has 0 fully saturated rings. The van der Waals surface area contributed by atoms with Gasteiger partial charge in [0.1, 0.15) is 15.0 Å². The van der Waals surface area contributed by atoms with Gasteiger partial charge in [-0.1, -0.05) is 406 Å². The maximum Gasteiger partial charge on any atom is 0.164 e. The highest BCUT2D eigenvalue weighted by Gasteiger charge is 2.23. The molecule has 6 heterocycles. The lowest BCUT2D eigenvalue weighted by atomic mass is 9.96. The van der Waals surface area contributed by atoms with Gasteiger partial charge in [0, 0.05) is 82.9 Å². The van der Waals surface area contributed by atoms with Gasteiger partial charge in [0.25, 0.3) is 0 Å². The van der Waals surface area contributed by atoms with E-state index < -0.39 is 0 Å². The van der Waals surface area contributed by atoms with Gasteiger partial charge in [0.15, 0.2) is 52.4 Å². The van der Waals surface area contributed by atoms with Crippen LogP contribution in [0.3, 0.4) is 0 Å². The third kappa shape index (κ3) is 16.1. The van der Waals surface area contributed by atoms with Crippen LogP contribution in [0, 0.1) is 0 Å². The Hall–Kier alpha value is -17.3. The standard InChI is InChI=1S/2C42H26N4S.C36H22N4S/c1-4-11-27(12-5-1)31-17-10-18-33(25-31)40-44-39(29-13-6-2-7-14-29)45-41(46-40)34-21-23-35-32(26-34)20-19-28-22-24-36-38(37(28)35)43-42(47-36)30-15-8-3-9-16-30;1-4-10-27(11-5-1)28-16-19-31(20-17-28)40-44-39(30-12-6-2-7-13-30)45-41(46-40)34-22-24-35-33(26-34)21-18-29-23-25-36-38(37(29)35)43-42(47-36)32-14-8-3-9-15-32;1-4-12-23(13-5-1)33-38-34(24-14-6-2-7-15-24)40-35(39-33)29-22-26-20-21-30-32(31(26)28-19-11-10-18-27(28)29)37-36(41-30)25-16-8-3-9-17-25/h2*1-26H;1-22H. The Morgan fingerprint density at radius 3 is 0.756 bits per heavy atom. The Labute approximate surface area is 788 Å². The molecule has 0 N–H and O–H groups in total. The predicted octanol–water partition coefficient (Wildman–Crippen LogP) is 31.7. The van der Waals surface area contributed by atoms with Gasteiger partial charge in [-0.3, -0.25) is 0 Å². The molecule has 0 spiro atoms. The number of nitrogens with zero attached hydrogens (tertiary/aromatic N) is 12. The summed E-state index contributed by atoms with van der Waals surface area (Å²) in [6.45, 7) is 0. The molecule has 26 aromatic rings. The monoisotopic (exact) mass is 1780 g/mol. The second kappa shape index (κ2) is 35.5. The molecule has 15 heteroatoms. The van der Waals surface area contributed by atoms with E-state index in [2.05, 4.69) is 297 Å². The van der Waals surface area contributed by atoms with Gasteiger partial charge in [0.05, 0.1) is 30.6 Å². The molecule has 0 aliphatic heterocycles. The Kier molecular flexibility index (Phi) is 21.3. The average molecular weight is 1780 g/mol. The third-order valence-electron chi connectivity index (χ3n) is 24.4. The summed E-state index contributed by atoms with van der Waals surface area (Å²) in [5, 5.41) is 16.8. The van der Waals surface area contributed by atoms with Gasteiger partial charge < -0.3 is 0 Å². The number of hydrogen-bond acceptors (Lipinski definition) is 15. The van der Waals surface area contributed by atoms with Crippen LogP contribution in [0.5, 0.6) is 0 Å². The van der Waals surface area contributed by atoms with E-state index >= 15 is 0 Å². The van der Waals surface area contributed by atoms with Crippen LogP contribution < -0.4 is 0 Å². The van der Waals surface area contributed by atoms with Crippen molar-refractivity contribution in [2.24, 2.45) is 0 Å². The molecule has 0 amide bonds.